The highest BCUT2D eigenvalue weighted by molar-refractivity contribution is 9.10. The van der Waals surface area contributed by atoms with Crippen LogP contribution in [-0.2, 0) is 4.79 Å². The summed E-state index contributed by atoms with van der Waals surface area (Å²) < 4.78 is 6.38. The van der Waals surface area contributed by atoms with Gasteiger partial charge in [-0.05, 0) is 18.2 Å². The highest BCUT2D eigenvalue weighted by Crippen LogP contribution is 2.17. The van der Waals surface area contributed by atoms with E-state index in [4.69, 9.17) is 4.74 Å². The van der Waals surface area contributed by atoms with E-state index in [0.717, 1.165) is 11.0 Å². The third-order valence-electron chi connectivity index (χ3n) is 2.76. The van der Waals surface area contributed by atoms with Crippen molar-refractivity contribution in [2.24, 2.45) is 5.41 Å². The van der Waals surface area contributed by atoms with Crippen LogP contribution < -0.4 is 15.0 Å². The lowest BCUT2D eigenvalue weighted by Gasteiger charge is -2.26. The van der Waals surface area contributed by atoms with Crippen molar-refractivity contribution in [2.75, 3.05) is 33.8 Å². The average molecular weight is 344 g/mol. The van der Waals surface area contributed by atoms with Gasteiger partial charge in [0.1, 0.15) is 5.75 Å². The molecule has 1 aromatic carbocycles. The highest BCUT2D eigenvalue weighted by Gasteiger charge is 2.22. The minimum absolute atomic E-state index is 0.0430. The summed E-state index contributed by atoms with van der Waals surface area (Å²) in [6, 6.07) is 7.46. The van der Waals surface area contributed by atoms with E-state index in [1.165, 1.54) is 4.90 Å². The molecule has 0 radical (unpaired) electrons. The van der Waals surface area contributed by atoms with Crippen molar-refractivity contribution in [2.45, 2.75) is 13.8 Å². The van der Waals surface area contributed by atoms with E-state index in [1.807, 2.05) is 24.3 Å². The maximum absolute atomic E-state index is 11.8. The molecule has 0 aliphatic heterocycles. The minimum atomic E-state index is -0.0909. The Labute approximate surface area is 129 Å². The van der Waals surface area contributed by atoms with Crippen molar-refractivity contribution in [3.63, 3.8) is 0 Å². The smallest absolute Gasteiger partial charge is 0.257 e. The molecule has 0 spiro atoms. The maximum atomic E-state index is 11.8. The number of hydrogen-bond donors (Lipinski definition) is 2. The molecule has 112 valence electrons. The number of quaternary nitrogens is 1. The predicted molar refractivity (Wildman–Crippen MR) is 84.1 cm³/mol. The average Bonchev–Trinajstić information content (AvgIpc) is 2.32. The van der Waals surface area contributed by atoms with Crippen molar-refractivity contribution >= 4 is 21.8 Å². The standard InChI is InChI=1S/C15H23BrN2O2/c1-15(2,11-18(3)4)10-17-14(19)9-20-13-7-5-6-12(16)8-13/h5-8H,9-11H2,1-4H3,(H,17,19)/p+1. The van der Waals surface area contributed by atoms with E-state index in [9.17, 15) is 4.79 Å². The monoisotopic (exact) mass is 343 g/mol. The maximum Gasteiger partial charge on any atom is 0.257 e. The number of hydrogen-bond acceptors (Lipinski definition) is 2. The van der Waals surface area contributed by atoms with Crippen LogP contribution in [0.4, 0.5) is 0 Å². The Hall–Kier alpha value is -1.07. The van der Waals surface area contributed by atoms with Gasteiger partial charge in [-0.1, -0.05) is 35.8 Å². The Balaban J connectivity index is 2.34. The molecular weight excluding hydrogens is 320 g/mol. The first-order chi connectivity index (χ1) is 9.28. The van der Waals surface area contributed by atoms with Crippen LogP contribution in [0.5, 0.6) is 5.75 Å². The van der Waals surface area contributed by atoms with Gasteiger partial charge >= 0.3 is 0 Å². The molecule has 0 unspecified atom stereocenters. The van der Waals surface area contributed by atoms with Gasteiger partial charge in [0.25, 0.3) is 5.91 Å². The van der Waals surface area contributed by atoms with Gasteiger partial charge in [-0.2, -0.15) is 0 Å². The van der Waals surface area contributed by atoms with Crippen molar-refractivity contribution in [1.29, 1.82) is 0 Å². The summed E-state index contributed by atoms with van der Waals surface area (Å²) in [6.07, 6.45) is 0. The first-order valence-electron chi connectivity index (χ1n) is 6.73. The number of amides is 1. The molecule has 0 fully saturated rings. The Bertz CT molecular complexity index is 447. The highest BCUT2D eigenvalue weighted by atomic mass is 79.9. The SMILES string of the molecule is C[NH+](C)CC(C)(C)CNC(=O)COc1cccc(Br)c1. The van der Waals surface area contributed by atoms with Crippen molar-refractivity contribution < 1.29 is 14.4 Å². The summed E-state index contributed by atoms with van der Waals surface area (Å²) in [5, 5.41) is 2.92. The Morgan fingerprint density at radius 2 is 2.10 bits per heavy atom. The van der Waals surface area contributed by atoms with Crippen LogP contribution in [0, 0.1) is 5.41 Å². The summed E-state index contributed by atoms with van der Waals surface area (Å²) in [6.45, 7) is 5.99. The molecule has 1 rings (SSSR count). The van der Waals surface area contributed by atoms with Gasteiger partial charge in [-0.25, -0.2) is 0 Å². The lowest BCUT2D eigenvalue weighted by atomic mass is 9.93. The molecule has 0 saturated heterocycles. The van der Waals surface area contributed by atoms with Gasteiger partial charge in [-0.3, -0.25) is 4.79 Å². The molecule has 0 saturated carbocycles. The lowest BCUT2D eigenvalue weighted by Crippen LogP contribution is -3.07. The van der Waals surface area contributed by atoms with Crippen LogP contribution in [0.3, 0.4) is 0 Å². The fourth-order valence-corrected chi connectivity index (χ4v) is 2.49. The van der Waals surface area contributed by atoms with E-state index >= 15 is 0 Å². The van der Waals surface area contributed by atoms with Crippen LogP contribution in [-0.4, -0.2) is 39.7 Å². The van der Waals surface area contributed by atoms with Gasteiger partial charge in [0.15, 0.2) is 6.61 Å². The predicted octanol–water partition coefficient (Wildman–Crippen LogP) is 1.11. The fraction of sp³-hybridized carbons (Fsp3) is 0.533. The summed E-state index contributed by atoms with van der Waals surface area (Å²) in [7, 11) is 4.22. The first kappa shape index (κ1) is 17.0. The number of ether oxygens (including phenoxy) is 1. The molecule has 0 bridgehead atoms. The summed E-state index contributed by atoms with van der Waals surface area (Å²) in [4.78, 5) is 13.1. The molecule has 0 heterocycles. The van der Waals surface area contributed by atoms with E-state index in [2.05, 4.69) is 49.2 Å². The quantitative estimate of drug-likeness (QED) is 0.778. The summed E-state index contributed by atoms with van der Waals surface area (Å²) in [5.41, 5.74) is 0.0737. The normalized spacial score (nSPS) is 11.5. The van der Waals surface area contributed by atoms with Gasteiger partial charge in [0.05, 0.1) is 20.6 Å². The largest absolute Gasteiger partial charge is 0.484 e. The van der Waals surface area contributed by atoms with Gasteiger partial charge in [0, 0.05) is 16.4 Å². The number of halogens is 1. The second kappa shape index (κ2) is 7.64. The molecule has 0 atom stereocenters. The molecular formula is C15H24BrN2O2+. The van der Waals surface area contributed by atoms with E-state index in [-0.39, 0.29) is 17.9 Å². The molecule has 4 nitrogen and oxygen atoms in total. The van der Waals surface area contributed by atoms with Crippen LogP contribution in [0.25, 0.3) is 0 Å². The van der Waals surface area contributed by atoms with Gasteiger partial charge in [-0.15, -0.1) is 0 Å². The molecule has 2 N–H and O–H groups in total. The van der Waals surface area contributed by atoms with Gasteiger partial charge in [0.2, 0.25) is 0 Å². The zero-order valence-electron chi connectivity index (χ0n) is 12.6. The topological polar surface area (TPSA) is 42.8 Å². The number of carbonyl (C=O) groups excluding carboxylic acids is 1. The molecule has 0 aliphatic carbocycles. The van der Waals surface area contributed by atoms with Crippen LogP contribution >= 0.6 is 15.9 Å². The van der Waals surface area contributed by atoms with Crippen LogP contribution in [0.15, 0.2) is 28.7 Å². The van der Waals surface area contributed by atoms with E-state index < -0.39 is 0 Å². The van der Waals surface area contributed by atoms with E-state index in [0.29, 0.717) is 12.3 Å². The molecule has 5 heteroatoms. The summed E-state index contributed by atoms with van der Waals surface area (Å²) in [5.74, 6) is 0.596. The zero-order valence-corrected chi connectivity index (χ0v) is 14.2. The van der Waals surface area contributed by atoms with Crippen molar-refractivity contribution in [1.82, 2.24) is 5.32 Å². The van der Waals surface area contributed by atoms with Crippen LogP contribution in [0.2, 0.25) is 0 Å². The summed E-state index contributed by atoms with van der Waals surface area (Å²) >= 11 is 3.37. The van der Waals surface area contributed by atoms with E-state index in [1.54, 1.807) is 0 Å². The zero-order chi connectivity index (χ0) is 15.2. The first-order valence-corrected chi connectivity index (χ1v) is 7.52. The second-order valence-electron chi connectivity index (χ2n) is 6.07. The van der Waals surface area contributed by atoms with Crippen molar-refractivity contribution in [3.8, 4) is 5.75 Å². The fourth-order valence-electron chi connectivity index (χ4n) is 2.11. The van der Waals surface area contributed by atoms with Gasteiger partial charge < -0.3 is 15.0 Å². The number of carbonyl (C=O) groups is 1. The molecule has 1 aromatic rings. The third-order valence-corrected chi connectivity index (χ3v) is 3.26. The second-order valence-corrected chi connectivity index (χ2v) is 6.99. The number of rotatable bonds is 7. The Morgan fingerprint density at radius 3 is 2.70 bits per heavy atom. The molecule has 20 heavy (non-hydrogen) atoms. The Morgan fingerprint density at radius 1 is 1.40 bits per heavy atom. The Kier molecular flexibility index (Phi) is 6.49. The third kappa shape index (κ3) is 6.91. The number of nitrogens with one attached hydrogen (secondary N) is 2. The molecule has 0 aromatic heterocycles. The van der Waals surface area contributed by atoms with Crippen LogP contribution in [0.1, 0.15) is 13.8 Å². The minimum Gasteiger partial charge on any atom is -0.484 e. The number of benzene rings is 1. The van der Waals surface area contributed by atoms with Crippen molar-refractivity contribution in [3.05, 3.63) is 28.7 Å². The lowest BCUT2D eigenvalue weighted by molar-refractivity contribution is -0.865. The molecule has 0 aliphatic rings. The molecule has 1 amide bonds.